The molecule has 11 heavy (non-hydrogen) atoms. The smallest absolute Gasteiger partial charge is 0.192 e. The van der Waals surface area contributed by atoms with E-state index < -0.39 is 12.4 Å². The maximum Gasteiger partial charge on any atom is 0.192 e. The van der Waals surface area contributed by atoms with Crippen molar-refractivity contribution < 1.29 is 14.3 Å². The van der Waals surface area contributed by atoms with Crippen LogP contribution in [0.25, 0.3) is 0 Å². The van der Waals surface area contributed by atoms with Gasteiger partial charge in [0.2, 0.25) is 0 Å². The minimum Gasteiger partial charge on any atom is -0.291 e. The van der Waals surface area contributed by atoms with Gasteiger partial charge in [-0.3, -0.25) is 4.79 Å². The maximum absolute atomic E-state index is 11.2. The van der Waals surface area contributed by atoms with Crippen LogP contribution in [0.1, 0.15) is 0 Å². The van der Waals surface area contributed by atoms with Crippen LogP contribution in [0.4, 0.5) is 4.53 Å². The van der Waals surface area contributed by atoms with Gasteiger partial charge in [0.25, 0.3) is 0 Å². The minimum atomic E-state index is -0.578. The number of allylic oxidation sites excluding steroid dienone is 3. The van der Waals surface area contributed by atoms with E-state index in [0.29, 0.717) is 0 Å². The molecule has 0 N–H and O–H groups in total. The number of rotatable bonds is 5. The number of Topliss-reactive ketones (excluding diaryl/α,β-unsaturated/α-hetero) is 1. The van der Waals surface area contributed by atoms with Gasteiger partial charge in [-0.25, -0.2) is 0 Å². The van der Waals surface area contributed by atoms with E-state index >= 15 is 0 Å². The molecule has 0 saturated heterocycles. The van der Waals surface area contributed by atoms with Crippen LogP contribution in [0.3, 0.4) is 0 Å². The molecule has 0 heterocycles. The Morgan fingerprint density at radius 3 is 2.55 bits per heavy atom. The van der Waals surface area contributed by atoms with Gasteiger partial charge in [0, 0.05) is 5.57 Å². The molecule has 0 aromatic carbocycles. The van der Waals surface area contributed by atoms with Crippen LogP contribution < -0.4 is 0 Å². The zero-order valence-corrected chi connectivity index (χ0v) is 6.05. The highest BCUT2D eigenvalue weighted by atomic mass is 19.3. The molecule has 0 aliphatic heterocycles. The molecular formula is C8H9FO2. The number of ketones is 1. The summed E-state index contributed by atoms with van der Waals surface area (Å²) in [6.07, 6.45) is 4.19. The van der Waals surface area contributed by atoms with E-state index in [1.807, 2.05) is 0 Å². The predicted octanol–water partition coefficient (Wildman–Crippen LogP) is 1.75. The number of carbonyl (C=O) groups is 1. The lowest BCUT2D eigenvalue weighted by Crippen LogP contribution is -2.06. The maximum atomic E-state index is 11.2. The molecule has 3 heteroatoms. The fourth-order valence-corrected chi connectivity index (χ4v) is 0.535. The molecule has 0 bridgehead atoms. The lowest BCUT2D eigenvalue weighted by Gasteiger charge is -1.94. The summed E-state index contributed by atoms with van der Waals surface area (Å²) in [7, 11) is 0. The Kier molecular flexibility index (Phi) is 4.94. The van der Waals surface area contributed by atoms with Crippen LogP contribution in [-0.4, -0.2) is 12.4 Å². The summed E-state index contributed by atoms with van der Waals surface area (Å²) in [6.45, 7) is 6.17. The normalized spacial score (nSPS) is 10.8. The second kappa shape index (κ2) is 5.56. The first-order chi connectivity index (χ1) is 5.26. The Balaban J connectivity index is 4.25. The van der Waals surface area contributed by atoms with Gasteiger partial charge in [0.1, 0.15) is 0 Å². The van der Waals surface area contributed by atoms with E-state index in [2.05, 4.69) is 18.1 Å². The molecule has 0 amide bonds. The highest BCUT2D eigenvalue weighted by Crippen LogP contribution is 1.98. The van der Waals surface area contributed by atoms with Gasteiger partial charge < -0.3 is 0 Å². The van der Waals surface area contributed by atoms with E-state index in [1.54, 1.807) is 0 Å². The average Bonchev–Trinajstić information content (AvgIpc) is 2.00. The number of carbonyl (C=O) groups excluding carboxylic acids is 1. The van der Waals surface area contributed by atoms with Gasteiger partial charge >= 0.3 is 0 Å². The Morgan fingerprint density at radius 2 is 2.18 bits per heavy atom. The monoisotopic (exact) mass is 156 g/mol. The van der Waals surface area contributed by atoms with Gasteiger partial charge in [-0.2, -0.15) is 4.94 Å². The third-order valence-electron chi connectivity index (χ3n) is 1.02. The van der Waals surface area contributed by atoms with Crippen molar-refractivity contribution in [3.8, 4) is 0 Å². The molecule has 0 fully saturated rings. The summed E-state index contributed by atoms with van der Waals surface area (Å²) in [5.74, 6) is -0.456. The highest BCUT2D eigenvalue weighted by Gasteiger charge is 2.04. The molecule has 0 unspecified atom stereocenters. The second-order valence-corrected chi connectivity index (χ2v) is 1.74. The number of hydrogen-bond donors (Lipinski definition) is 0. The van der Waals surface area contributed by atoms with Crippen molar-refractivity contribution in [1.82, 2.24) is 0 Å². The van der Waals surface area contributed by atoms with Crippen molar-refractivity contribution in [3.05, 3.63) is 37.0 Å². The van der Waals surface area contributed by atoms with Crippen molar-refractivity contribution in [2.24, 2.45) is 0 Å². The van der Waals surface area contributed by atoms with Crippen molar-refractivity contribution in [1.29, 1.82) is 0 Å². The largest absolute Gasteiger partial charge is 0.291 e. The fourth-order valence-electron chi connectivity index (χ4n) is 0.535. The second-order valence-electron chi connectivity index (χ2n) is 1.74. The first kappa shape index (κ1) is 9.78. The van der Waals surface area contributed by atoms with Crippen molar-refractivity contribution in [2.45, 2.75) is 0 Å². The Labute approximate surface area is 64.6 Å². The zero-order chi connectivity index (χ0) is 8.69. The molecule has 0 rings (SSSR count). The Bertz CT molecular complexity index is 194. The molecule has 0 atom stereocenters. The van der Waals surface area contributed by atoms with E-state index in [0.717, 1.165) is 0 Å². The van der Waals surface area contributed by atoms with E-state index in [1.165, 1.54) is 18.2 Å². The third-order valence-corrected chi connectivity index (χ3v) is 1.02. The van der Waals surface area contributed by atoms with Gasteiger partial charge in [0.05, 0.1) is 0 Å². The summed E-state index contributed by atoms with van der Waals surface area (Å²) >= 11 is 0. The van der Waals surface area contributed by atoms with Crippen LogP contribution in [-0.2, 0) is 9.74 Å². The summed E-state index contributed by atoms with van der Waals surface area (Å²) in [6, 6.07) is 0. The molecule has 0 aliphatic rings. The fraction of sp³-hybridized carbons (Fsp3) is 0.125. The third kappa shape index (κ3) is 3.47. The summed E-state index contributed by atoms with van der Waals surface area (Å²) in [5, 5.41) is 0. The summed E-state index contributed by atoms with van der Waals surface area (Å²) < 4.78 is 11.2. The average molecular weight is 156 g/mol. The predicted molar refractivity (Wildman–Crippen MR) is 40.5 cm³/mol. The van der Waals surface area contributed by atoms with Gasteiger partial charge in [0.15, 0.2) is 12.4 Å². The van der Waals surface area contributed by atoms with Gasteiger partial charge in [-0.15, -0.1) is 0 Å². The van der Waals surface area contributed by atoms with Crippen LogP contribution in [0.15, 0.2) is 37.0 Å². The molecule has 0 aromatic heterocycles. The molecule has 0 radical (unpaired) electrons. The van der Waals surface area contributed by atoms with Crippen LogP contribution in [0.2, 0.25) is 0 Å². The molecule has 2 nitrogen and oxygen atoms in total. The van der Waals surface area contributed by atoms with Crippen LogP contribution in [0.5, 0.6) is 0 Å². The highest BCUT2D eigenvalue weighted by molar-refractivity contribution is 5.99. The number of halogens is 1. The van der Waals surface area contributed by atoms with E-state index in [4.69, 9.17) is 0 Å². The zero-order valence-electron chi connectivity index (χ0n) is 6.05. The minimum absolute atomic E-state index is 0.289. The number of hydrogen-bond acceptors (Lipinski definition) is 2. The molecule has 60 valence electrons. The quantitative estimate of drug-likeness (QED) is 0.447. The van der Waals surface area contributed by atoms with Gasteiger partial charge in [-0.05, 0) is 4.53 Å². The molecule has 0 aromatic rings. The molecule has 0 spiro atoms. The topological polar surface area (TPSA) is 26.3 Å². The first-order valence-electron chi connectivity index (χ1n) is 2.98. The van der Waals surface area contributed by atoms with E-state index in [9.17, 15) is 9.32 Å². The summed E-state index contributed by atoms with van der Waals surface area (Å²) in [4.78, 5) is 14.0. The first-order valence-corrected chi connectivity index (χ1v) is 2.98. The Hall–Kier alpha value is -1.22. The van der Waals surface area contributed by atoms with E-state index in [-0.39, 0.29) is 5.57 Å². The molecular weight excluding hydrogens is 147 g/mol. The van der Waals surface area contributed by atoms with Gasteiger partial charge in [-0.1, -0.05) is 31.4 Å². The lowest BCUT2D eigenvalue weighted by molar-refractivity contribution is -0.151. The molecule has 0 aliphatic carbocycles. The lowest BCUT2D eigenvalue weighted by atomic mass is 10.1. The van der Waals surface area contributed by atoms with Crippen LogP contribution in [0, 0.1) is 0 Å². The van der Waals surface area contributed by atoms with Crippen molar-refractivity contribution >= 4 is 5.78 Å². The summed E-state index contributed by atoms with van der Waals surface area (Å²) in [5.41, 5.74) is 0.289. The SMILES string of the molecule is C=C/C=C(\C=C)C(=O)COF. The van der Waals surface area contributed by atoms with Crippen molar-refractivity contribution in [2.75, 3.05) is 6.61 Å². The molecule has 0 saturated carbocycles. The van der Waals surface area contributed by atoms with Crippen molar-refractivity contribution in [3.63, 3.8) is 0 Å². The van der Waals surface area contributed by atoms with Crippen LogP contribution >= 0.6 is 0 Å². The Morgan fingerprint density at radius 1 is 1.55 bits per heavy atom. The standard InChI is InChI=1S/C8H9FO2/c1-3-5-7(4-2)8(10)6-11-9/h3-5H,1-2,6H2/b7-5+.